The summed E-state index contributed by atoms with van der Waals surface area (Å²) in [6.45, 7) is 11.5. The first-order valence-electron chi connectivity index (χ1n) is 5.37. The highest BCUT2D eigenvalue weighted by Gasteiger charge is 2.33. The topological polar surface area (TPSA) is 0 Å². The summed E-state index contributed by atoms with van der Waals surface area (Å²) in [5.74, 6) is 1.68. The van der Waals surface area contributed by atoms with Crippen molar-refractivity contribution in [3.8, 4) is 0 Å². The number of hydrogen-bond acceptors (Lipinski definition) is 1. The number of hydrogen-bond donors (Lipinski definition) is 0. The first-order valence-corrected chi connectivity index (χ1v) is 6.32. The molecule has 1 aliphatic rings. The number of rotatable bonds is 2. The molecule has 0 aromatic carbocycles. The van der Waals surface area contributed by atoms with Gasteiger partial charge < -0.3 is 0 Å². The van der Waals surface area contributed by atoms with Crippen molar-refractivity contribution in [1.29, 1.82) is 0 Å². The first kappa shape index (κ1) is 11.2. The summed E-state index contributed by atoms with van der Waals surface area (Å²) in [6.07, 6.45) is 3.72. The van der Waals surface area contributed by atoms with Crippen molar-refractivity contribution in [2.24, 2.45) is 11.8 Å². The van der Waals surface area contributed by atoms with E-state index in [1.54, 1.807) is 5.57 Å². The van der Waals surface area contributed by atoms with Gasteiger partial charge in [0.1, 0.15) is 0 Å². The Labute approximate surface area is 87.2 Å². The third-order valence-corrected chi connectivity index (χ3v) is 4.44. The highest BCUT2D eigenvalue weighted by atomic mass is 32.2. The van der Waals surface area contributed by atoms with Crippen LogP contribution in [0.25, 0.3) is 0 Å². The molecule has 1 saturated carbocycles. The maximum Gasteiger partial charge on any atom is 0.0264 e. The molecule has 0 radical (unpaired) electrons. The summed E-state index contributed by atoms with van der Waals surface area (Å²) in [4.78, 5) is 0. The molecule has 0 N–H and O–H groups in total. The van der Waals surface area contributed by atoms with E-state index in [9.17, 15) is 0 Å². The van der Waals surface area contributed by atoms with Gasteiger partial charge >= 0.3 is 0 Å². The Hall–Kier alpha value is 0.0900. The summed E-state index contributed by atoms with van der Waals surface area (Å²) in [7, 11) is 0. The van der Waals surface area contributed by atoms with Gasteiger partial charge in [-0.05, 0) is 30.4 Å². The lowest BCUT2D eigenvalue weighted by atomic mass is 9.97. The molecule has 1 fully saturated rings. The second-order valence-electron chi connectivity index (χ2n) is 4.46. The average molecular weight is 198 g/mol. The molecule has 0 aliphatic heterocycles. The van der Waals surface area contributed by atoms with Gasteiger partial charge in [0.25, 0.3) is 0 Å². The van der Waals surface area contributed by atoms with Gasteiger partial charge in [0, 0.05) is 5.25 Å². The Morgan fingerprint density at radius 1 is 1.38 bits per heavy atom. The van der Waals surface area contributed by atoms with Gasteiger partial charge in [-0.1, -0.05) is 39.3 Å². The minimum atomic E-state index is 0.762. The van der Waals surface area contributed by atoms with Crippen LogP contribution in [0, 0.1) is 11.8 Å². The zero-order chi connectivity index (χ0) is 10.0. The standard InChI is InChI=1S/C12H22S/c1-6-11-10(5)9(4)7-12(11)13-8(2)3/h6,8-10,12H,7H2,1-5H3/b11-6-. The van der Waals surface area contributed by atoms with Gasteiger partial charge in [0.05, 0.1) is 0 Å². The fourth-order valence-corrected chi connectivity index (χ4v) is 3.79. The van der Waals surface area contributed by atoms with E-state index in [-0.39, 0.29) is 0 Å². The lowest BCUT2D eigenvalue weighted by molar-refractivity contribution is 0.494. The molecule has 3 atom stereocenters. The molecule has 0 aromatic heterocycles. The first-order chi connectivity index (χ1) is 6.06. The Balaban J connectivity index is 2.66. The third-order valence-electron chi connectivity index (χ3n) is 3.11. The van der Waals surface area contributed by atoms with Gasteiger partial charge in [-0.15, -0.1) is 0 Å². The second-order valence-corrected chi connectivity index (χ2v) is 6.25. The van der Waals surface area contributed by atoms with E-state index >= 15 is 0 Å². The van der Waals surface area contributed by atoms with E-state index in [0.717, 1.165) is 22.3 Å². The minimum absolute atomic E-state index is 0.762. The lowest BCUT2D eigenvalue weighted by Crippen LogP contribution is -2.05. The molecule has 0 heterocycles. The molecule has 1 aliphatic carbocycles. The Bertz CT molecular complexity index is 191. The van der Waals surface area contributed by atoms with Crippen LogP contribution in [-0.2, 0) is 0 Å². The van der Waals surface area contributed by atoms with Crippen LogP contribution in [0.2, 0.25) is 0 Å². The average Bonchev–Trinajstić information content (AvgIpc) is 2.27. The van der Waals surface area contributed by atoms with Gasteiger partial charge in [0.2, 0.25) is 0 Å². The normalized spacial score (nSPS) is 37.7. The number of allylic oxidation sites excluding steroid dienone is 1. The summed E-state index contributed by atoms with van der Waals surface area (Å²) in [5.41, 5.74) is 1.69. The van der Waals surface area contributed by atoms with Gasteiger partial charge in [-0.3, -0.25) is 0 Å². The van der Waals surface area contributed by atoms with Crippen molar-refractivity contribution < 1.29 is 0 Å². The fourth-order valence-electron chi connectivity index (χ4n) is 2.21. The Morgan fingerprint density at radius 2 is 2.00 bits per heavy atom. The predicted octanol–water partition coefficient (Wildman–Crippen LogP) is 4.12. The molecule has 0 spiro atoms. The zero-order valence-corrected chi connectivity index (χ0v) is 10.3. The molecule has 1 heteroatoms. The van der Waals surface area contributed by atoms with Crippen molar-refractivity contribution in [2.45, 2.75) is 51.5 Å². The van der Waals surface area contributed by atoms with Crippen molar-refractivity contribution in [3.05, 3.63) is 11.6 Å². The summed E-state index contributed by atoms with van der Waals surface area (Å²) in [5, 5.41) is 1.56. The largest absolute Gasteiger partial charge is 0.151 e. The van der Waals surface area contributed by atoms with Crippen molar-refractivity contribution in [1.82, 2.24) is 0 Å². The maximum absolute atomic E-state index is 2.38. The zero-order valence-electron chi connectivity index (χ0n) is 9.50. The van der Waals surface area contributed by atoms with Crippen LogP contribution < -0.4 is 0 Å². The van der Waals surface area contributed by atoms with Crippen LogP contribution in [0.5, 0.6) is 0 Å². The molecular formula is C12H22S. The van der Waals surface area contributed by atoms with Crippen molar-refractivity contribution in [2.75, 3.05) is 0 Å². The molecule has 0 amide bonds. The second kappa shape index (κ2) is 4.54. The van der Waals surface area contributed by atoms with Crippen LogP contribution in [0.1, 0.15) is 41.0 Å². The SMILES string of the molecule is C/C=C1\C(SC(C)C)CC(C)C1C. The molecule has 0 aromatic rings. The smallest absolute Gasteiger partial charge is 0.0264 e. The molecule has 0 nitrogen and oxygen atoms in total. The maximum atomic E-state index is 2.38. The molecule has 13 heavy (non-hydrogen) atoms. The van der Waals surface area contributed by atoms with E-state index in [4.69, 9.17) is 0 Å². The highest BCUT2D eigenvalue weighted by molar-refractivity contribution is 8.00. The molecule has 1 rings (SSSR count). The van der Waals surface area contributed by atoms with Crippen LogP contribution in [0.4, 0.5) is 0 Å². The third kappa shape index (κ3) is 2.52. The van der Waals surface area contributed by atoms with E-state index in [1.807, 2.05) is 0 Å². The number of thioether (sulfide) groups is 1. The summed E-state index contributed by atoms with van der Waals surface area (Å²) >= 11 is 2.13. The summed E-state index contributed by atoms with van der Waals surface area (Å²) < 4.78 is 0. The van der Waals surface area contributed by atoms with Crippen LogP contribution in [0.15, 0.2) is 11.6 Å². The van der Waals surface area contributed by atoms with E-state index in [2.05, 4.69) is 52.5 Å². The molecule has 3 unspecified atom stereocenters. The minimum Gasteiger partial charge on any atom is -0.151 e. The molecular weight excluding hydrogens is 176 g/mol. The van der Waals surface area contributed by atoms with E-state index in [0.29, 0.717) is 0 Å². The monoisotopic (exact) mass is 198 g/mol. The van der Waals surface area contributed by atoms with E-state index < -0.39 is 0 Å². The fraction of sp³-hybridized carbons (Fsp3) is 0.833. The Morgan fingerprint density at radius 3 is 2.46 bits per heavy atom. The molecule has 76 valence electrons. The molecule has 0 saturated heterocycles. The van der Waals surface area contributed by atoms with Crippen molar-refractivity contribution >= 4 is 11.8 Å². The van der Waals surface area contributed by atoms with Crippen LogP contribution in [0.3, 0.4) is 0 Å². The van der Waals surface area contributed by atoms with Gasteiger partial charge in [0.15, 0.2) is 0 Å². The summed E-state index contributed by atoms with van der Waals surface area (Å²) in [6, 6.07) is 0. The van der Waals surface area contributed by atoms with Gasteiger partial charge in [-0.25, -0.2) is 0 Å². The van der Waals surface area contributed by atoms with Crippen LogP contribution in [-0.4, -0.2) is 10.5 Å². The Kier molecular flexibility index (Phi) is 3.90. The van der Waals surface area contributed by atoms with Crippen LogP contribution >= 0.6 is 11.8 Å². The molecule has 0 bridgehead atoms. The lowest BCUT2D eigenvalue weighted by Gasteiger charge is -2.15. The van der Waals surface area contributed by atoms with Crippen molar-refractivity contribution in [3.63, 3.8) is 0 Å². The highest BCUT2D eigenvalue weighted by Crippen LogP contribution is 2.43. The van der Waals surface area contributed by atoms with Gasteiger partial charge in [-0.2, -0.15) is 11.8 Å². The predicted molar refractivity (Wildman–Crippen MR) is 63.2 cm³/mol. The van der Waals surface area contributed by atoms with E-state index in [1.165, 1.54) is 6.42 Å². The quantitative estimate of drug-likeness (QED) is 0.601.